The second kappa shape index (κ2) is 7.60. The van der Waals surface area contributed by atoms with Crippen molar-refractivity contribution in [1.82, 2.24) is 4.98 Å². The van der Waals surface area contributed by atoms with Gasteiger partial charge in [-0.1, -0.05) is 23.8 Å². The number of amides is 3. The molecule has 2 aromatic carbocycles. The molecule has 29 heavy (non-hydrogen) atoms. The first-order valence-electron chi connectivity index (χ1n) is 9.23. The van der Waals surface area contributed by atoms with Crippen molar-refractivity contribution in [2.45, 2.75) is 26.7 Å². The summed E-state index contributed by atoms with van der Waals surface area (Å²) in [7, 11) is 0. The number of imide groups is 1. The van der Waals surface area contributed by atoms with Gasteiger partial charge in [-0.05, 0) is 43.7 Å². The molecule has 1 aromatic heterocycles. The van der Waals surface area contributed by atoms with Crippen molar-refractivity contribution in [3.05, 3.63) is 64.5 Å². The maximum atomic E-state index is 12.7. The second-order valence-corrected chi connectivity index (χ2v) is 7.84. The van der Waals surface area contributed by atoms with Crippen molar-refractivity contribution in [1.29, 1.82) is 0 Å². The molecule has 1 saturated heterocycles. The number of anilines is 2. The van der Waals surface area contributed by atoms with Crippen LogP contribution in [0.25, 0.3) is 11.3 Å². The SMILES string of the molecule is Cc1ccc(C)c(-c2csc(NC(=O)c3cccc(N4C(=O)CCC4=O)c3)n2)c1. The molecular formula is C22H19N3O3S. The Morgan fingerprint density at radius 1 is 1.07 bits per heavy atom. The molecule has 0 atom stereocenters. The summed E-state index contributed by atoms with van der Waals surface area (Å²) in [6.45, 7) is 4.06. The molecule has 1 aliphatic heterocycles. The molecule has 0 aliphatic carbocycles. The number of nitrogens with zero attached hydrogens (tertiary/aromatic N) is 2. The molecule has 2 heterocycles. The Balaban J connectivity index is 1.54. The third-order valence-electron chi connectivity index (χ3n) is 4.81. The Morgan fingerprint density at radius 2 is 1.83 bits per heavy atom. The number of aryl methyl sites for hydroxylation is 2. The van der Waals surface area contributed by atoms with E-state index in [2.05, 4.69) is 28.5 Å². The zero-order valence-electron chi connectivity index (χ0n) is 16.1. The van der Waals surface area contributed by atoms with E-state index in [1.807, 2.05) is 19.2 Å². The first kappa shape index (κ1) is 19.0. The molecule has 3 amide bonds. The number of nitrogens with one attached hydrogen (secondary N) is 1. The van der Waals surface area contributed by atoms with Crippen LogP contribution in [-0.2, 0) is 9.59 Å². The number of benzene rings is 2. The second-order valence-electron chi connectivity index (χ2n) is 6.98. The zero-order valence-corrected chi connectivity index (χ0v) is 16.9. The van der Waals surface area contributed by atoms with Gasteiger partial charge < -0.3 is 0 Å². The van der Waals surface area contributed by atoms with Crippen molar-refractivity contribution >= 4 is 39.9 Å². The summed E-state index contributed by atoms with van der Waals surface area (Å²) in [5.74, 6) is -0.830. The van der Waals surface area contributed by atoms with Gasteiger partial charge in [0.2, 0.25) is 11.8 Å². The predicted molar refractivity (Wildman–Crippen MR) is 113 cm³/mol. The first-order chi connectivity index (χ1) is 13.9. The number of hydrogen-bond acceptors (Lipinski definition) is 5. The van der Waals surface area contributed by atoms with Crippen molar-refractivity contribution in [2.75, 3.05) is 10.2 Å². The smallest absolute Gasteiger partial charge is 0.257 e. The highest BCUT2D eigenvalue weighted by Crippen LogP contribution is 2.29. The fourth-order valence-corrected chi connectivity index (χ4v) is 3.99. The molecule has 0 spiro atoms. The van der Waals surface area contributed by atoms with Crippen LogP contribution in [0.5, 0.6) is 0 Å². The predicted octanol–water partition coefficient (Wildman–Crippen LogP) is 4.33. The van der Waals surface area contributed by atoms with Crippen molar-refractivity contribution in [2.24, 2.45) is 0 Å². The Hall–Kier alpha value is -3.32. The summed E-state index contributed by atoms with van der Waals surface area (Å²) >= 11 is 1.35. The zero-order chi connectivity index (χ0) is 20.5. The van der Waals surface area contributed by atoms with Gasteiger partial charge >= 0.3 is 0 Å². The lowest BCUT2D eigenvalue weighted by atomic mass is 10.0. The number of carbonyl (C=O) groups is 3. The maximum Gasteiger partial charge on any atom is 0.257 e. The van der Waals surface area contributed by atoms with Gasteiger partial charge in [0.05, 0.1) is 11.4 Å². The van der Waals surface area contributed by atoms with E-state index >= 15 is 0 Å². The van der Waals surface area contributed by atoms with E-state index < -0.39 is 0 Å². The molecule has 146 valence electrons. The summed E-state index contributed by atoms with van der Waals surface area (Å²) in [5.41, 5.74) is 4.89. The van der Waals surface area contributed by atoms with E-state index in [1.54, 1.807) is 24.3 Å². The summed E-state index contributed by atoms with van der Waals surface area (Å²) in [6, 6.07) is 12.7. The molecule has 1 fully saturated rings. The van der Waals surface area contributed by atoms with E-state index in [4.69, 9.17) is 0 Å². The van der Waals surface area contributed by atoms with Gasteiger partial charge in [-0.25, -0.2) is 4.98 Å². The molecule has 0 unspecified atom stereocenters. The van der Waals surface area contributed by atoms with Crippen molar-refractivity contribution in [3.63, 3.8) is 0 Å². The summed E-state index contributed by atoms with van der Waals surface area (Å²) in [6.07, 6.45) is 0.408. The van der Waals surface area contributed by atoms with Crippen LogP contribution >= 0.6 is 11.3 Å². The van der Waals surface area contributed by atoms with Crippen LogP contribution in [-0.4, -0.2) is 22.7 Å². The molecule has 0 saturated carbocycles. The Morgan fingerprint density at radius 3 is 2.59 bits per heavy atom. The average molecular weight is 405 g/mol. The number of aromatic nitrogens is 1. The van der Waals surface area contributed by atoms with Gasteiger partial charge in [-0.2, -0.15) is 0 Å². The molecule has 6 nitrogen and oxygen atoms in total. The van der Waals surface area contributed by atoms with Crippen LogP contribution in [0.3, 0.4) is 0 Å². The third kappa shape index (κ3) is 3.82. The quantitative estimate of drug-likeness (QED) is 0.655. The Kier molecular flexibility index (Phi) is 4.98. The topological polar surface area (TPSA) is 79.4 Å². The molecule has 0 radical (unpaired) electrons. The first-order valence-corrected chi connectivity index (χ1v) is 10.1. The standard InChI is InChI=1S/C22H19N3O3S/c1-13-6-7-14(2)17(10-13)18-12-29-22(23-18)24-21(28)15-4-3-5-16(11-15)25-19(26)8-9-20(25)27/h3-7,10-12H,8-9H2,1-2H3,(H,23,24,28). The third-order valence-corrected chi connectivity index (χ3v) is 5.57. The molecule has 7 heteroatoms. The average Bonchev–Trinajstić information content (AvgIpc) is 3.30. The molecule has 4 rings (SSSR count). The minimum Gasteiger partial charge on any atom is -0.298 e. The van der Waals surface area contributed by atoms with Gasteiger partial charge in [0, 0.05) is 29.3 Å². The van der Waals surface area contributed by atoms with Crippen LogP contribution in [0, 0.1) is 13.8 Å². The normalized spacial score (nSPS) is 13.8. The van der Waals surface area contributed by atoms with Gasteiger partial charge in [-0.15, -0.1) is 11.3 Å². The van der Waals surface area contributed by atoms with E-state index in [-0.39, 0.29) is 30.6 Å². The van der Waals surface area contributed by atoms with Crippen LogP contribution in [0.2, 0.25) is 0 Å². The largest absolute Gasteiger partial charge is 0.298 e. The minimum atomic E-state index is -0.340. The van der Waals surface area contributed by atoms with E-state index in [9.17, 15) is 14.4 Å². The highest BCUT2D eigenvalue weighted by atomic mass is 32.1. The molecule has 1 aliphatic rings. The maximum absolute atomic E-state index is 12.7. The molecule has 0 bridgehead atoms. The van der Waals surface area contributed by atoms with Crippen molar-refractivity contribution < 1.29 is 14.4 Å². The molecular weight excluding hydrogens is 386 g/mol. The van der Waals surface area contributed by atoms with Gasteiger partial charge in [0.15, 0.2) is 5.13 Å². The van der Waals surface area contributed by atoms with Crippen LogP contribution < -0.4 is 10.2 Å². The Bertz CT molecular complexity index is 1120. The van der Waals surface area contributed by atoms with E-state index in [0.29, 0.717) is 16.4 Å². The molecule has 3 aromatic rings. The molecule has 1 N–H and O–H groups in total. The van der Waals surface area contributed by atoms with Crippen LogP contribution in [0.4, 0.5) is 10.8 Å². The summed E-state index contributed by atoms with van der Waals surface area (Å²) < 4.78 is 0. The number of rotatable bonds is 4. The van der Waals surface area contributed by atoms with Crippen molar-refractivity contribution in [3.8, 4) is 11.3 Å². The lowest BCUT2D eigenvalue weighted by molar-refractivity contribution is -0.121. The number of thiazole rings is 1. The summed E-state index contributed by atoms with van der Waals surface area (Å²) in [5, 5.41) is 5.21. The van der Waals surface area contributed by atoms with Gasteiger partial charge in [0.25, 0.3) is 5.91 Å². The number of carbonyl (C=O) groups excluding carboxylic acids is 3. The lowest BCUT2D eigenvalue weighted by Gasteiger charge is -2.14. The van der Waals surface area contributed by atoms with E-state index in [1.165, 1.54) is 11.3 Å². The fourth-order valence-electron chi connectivity index (χ4n) is 3.29. The van der Waals surface area contributed by atoms with Crippen LogP contribution in [0.1, 0.15) is 34.3 Å². The number of hydrogen-bond donors (Lipinski definition) is 1. The Labute approximate surface area is 172 Å². The van der Waals surface area contributed by atoms with Gasteiger partial charge in [-0.3, -0.25) is 24.6 Å². The van der Waals surface area contributed by atoms with Gasteiger partial charge in [0.1, 0.15) is 0 Å². The fraction of sp³-hybridized carbons (Fsp3) is 0.182. The lowest BCUT2D eigenvalue weighted by Crippen LogP contribution is -2.28. The highest BCUT2D eigenvalue weighted by Gasteiger charge is 2.30. The van der Waals surface area contributed by atoms with Crippen LogP contribution in [0.15, 0.2) is 47.8 Å². The minimum absolute atomic E-state index is 0.204. The summed E-state index contributed by atoms with van der Waals surface area (Å²) in [4.78, 5) is 42.2. The van der Waals surface area contributed by atoms with E-state index in [0.717, 1.165) is 27.3 Å². The monoisotopic (exact) mass is 405 g/mol. The highest BCUT2D eigenvalue weighted by molar-refractivity contribution is 7.14.